The lowest BCUT2D eigenvalue weighted by Crippen LogP contribution is -2.37. The van der Waals surface area contributed by atoms with E-state index in [-0.39, 0.29) is 11.9 Å². The highest BCUT2D eigenvalue weighted by Gasteiger charge is 2.18. The minimum absolute atomic E-state index is 0.227. The zero-order valence-corrected chi connectivity index (χ0v) is 10.6. The molecule has 0 bridgehead atoms. The summed E-state index contributed by atoms with van der Waals surface area (Å²) in [4.78, 5) is 2.16. The molecule has 1 aromatic rings. The molecule has 2 nitrogen and oxygen atoms in total. The molecule has 0 aromatic heterocycles. The maximum absolute atomic E-state index is 13.3. The van der Waals surface area contributed by atoms with Gasteiger partial charge in [-0.3, -0.25) is 4.90 Å². The molecule has 16 heavy (non-hydrogen) atoms. The van der Waals surface area contributed by atoms with Gasteiger partial charge in [-0.15, -0.1) is 0 Å². The van der Waals surface area contributed by atoms with Crippen LogP contribution in [0, 0.1) is 5.82 Å². The van der Waals surface area contributed by atoms with Crippen LogP contribution in [0.5, 0.6) is 0 Å². The fraction of sp³-hybridized carbons (Fsp3) is 0.500. The fourth-order valence-corrected chi connectivity index (χ4v) is 2.48. The van der Waals surface area contributed by atoms with Gasteiger partial charge in [0.05, 0.1) is 10.6 Å². The second kappa shape index (κ2) is 5.25. The van der Waals surface area contributed by atoms with Gasteiger partial charge in [0.2, 0.25) is 0 Å². The number of nitrogens with zero attached hydrogens (tertiary/aromatic N) is 1. The van der Waals surface area contributed by atoms with Crippen LogP contribution in [-0.4, -0.2) is 29.2 Å². The molecule has 4 heteroatoms. The lowest BCUT2D eigenvalue weighted by molar-refractivity contribution is 0.0667. The molecular formula is C12H15BrFNO. The second-order valence-electron chi connectivity index (χ2n) is 4.24. The number of benzene rings is 1. The Labute approximate surface area is 103 Å². The molecule has 2 rings (SSSR count). The minimum Gasteiger partial charge on any atom is -0.392 e. The number of aliphatic hydroxyl groups is 1. The zero-order valence-electron chi connectivity index (χ0n) is 9.00. The van der Waals surface area contributed by atoms with Crippen LogP contribution in [-0.2, 0) is 6.54 Å². The number of likely N-dealkylation sites (tertiary alicyclic amines) is 1. The van der Waals surface area contributed by atoms with Crippen molar-refractivity contribution >= 4 is 15.9 Å². The summed E-state index contributed by atoms with van der Waals surface area (Å²) < 4.78 is 13.8. The summed E-state index contributed by atoms with van der Waals surface area (Å²) in [5.74, 6) is -0.227. The largest absolute Gasteiger partial charge is 0.392 e. The number of piperidine rings is 1. The number of aliphatic hydroxyl groups excluding tert-OH is 1. The van der Waals surface area contributed by atoms with E-state index in [1.165, 1.54) is 6.07 Å². The molecule has 0 spiro atoms. The summed E-state index contributed by atoms with van der Waals surface area (Å²) in [6.45, 7) is 2.35. The molecule has 1 N–H and O–H groups in total. The smallest absolute Gasteiger partial charge is 0.137 e. The van der Waals surface area contributed by atoms with E-state index < -0.39 is 0 Å². The Hall–Kier alpha value is -0.450. The molecule has 1 heterocycles. The summed E-state index contributed by atoms with van der Waals surface area (Å²) >= 11 is 3.26. The predicted octanol–water partition coefficient (Wildman–Crippen LogP) is 2.54. The molecule has 0 saturated carbocycles. The average Bonchev–Trinajstić information content (AvgIpc) is 2.25. The summed E-state index contributed by atoms with van der Waals surface area (Å²) in [5, 5.41) is 9.55. The van der Waals surface area contributed by atoms with Gasteiger partial charge in [0.1, 0.15) is 5.82 Å². The first-order valence-corrected chi connectivity index (χ1v) is 6.29. The highest BCUT2D eigenvalue weighted by Crippen LogP contribution is 2.23. The van der Waals surface area contributed by atoms with Crippen molar-refractivity contribution in [2.45, 2.75) is 25.5 Å². The number of halogens is 2. The molecule has 0 amide bonds. The number of hydrogen-bond acceptors (Lipinski definition) is 2. The summed E-state index contributed by atoms with van der Waals surface area (Å²) in [6.07, 6.45) is 1.65. The molecule has 1 unspecified atom stereocenters. The Morgan fingerprint density at radius 1 is 1.50 bits per heavy atom. The van der Waals surface area contributed by atoms with Crippen molar-refractivity contribution in [1.29, 1.82) is 0 Å². The van der Waals surface area contributed by atoms with Gasteiger partial charge in [-0.1, -0.05) is 12.1 Å². The lowest BCUT2D eigenvalue weighted by atomic mass is 10.1. The number of rotatable bonds is 2. The van der Waals surface area contributed by atoms with Crippen molar-refractivity contribution in [3.05, 3.63) is 34.1 Å². The molecule has 0 radical (unpaired) electrons. The van der Waals surface area contributed by atoms with Gasteiger partial charge in [0.15, 0.2) is 0 Å². The molecule has 1 aromatic carbocycles. The van der Waals surface area contributed by atoms with Gasteiger partial charge in [-0.2, -0.15) is 0 Å². The standard InChI is InChI=1S/C12H15BrFNO/c13-12-9(3-1-5-11(12)14)7-15-6-2-4-10(16)8-15/h1,3,5,10,16H,2,4,6-8H2. The predicted molar refractivity (Wildman–Crippen MR) is 64.6 cm³/mol. The molecule has 0 aliphatic carbocycles. The highest BCUT2D eigenvalue weighted by atomic mass is 79.9. The molecule has 1 atom stereocenters. The molecule has 1 aliphatic rings. The lowest BCUT2D eigenvalue weighted by Gasteiger charge is -2.30. The van der Waals surface area contributed by atoms with Crippen LogP contribution < -0.4 is 0 Å². The first kappa shape index (κ1) is 12.0. The molecular weight excluding hydrogens is 273 g/mol. The fourth-order valence-electron chi connectivity index (χ4n) is 2.09. The third-order valence-electron chi connectivity index (χ3n) is 2.91. The van der Waals surface area contributed by atoms with E-state index in [9.17, 15) is 9.50 Å². The van der Waals surface area contributed by atoms with Crippen LogP contribution in [0.3, 0.4) is 0 Å². The van der Waals surface area contributed by atoms with E-state index in [1.807, 2.05) is 6.07 Å². The van der Waals surface area contributed by atoms with Crippen LogP contribution in [0.15, 0.2) is 22.7 Å². The third-order valence-corrected chi connectivity index (χ3v) is 3.79. The average molecular weight is 288 g/mol. The van der Waals surface area contributed by atoms with Crippen molar-refractivity contribution in [1.82, 2.24) is 4.90 Å². The third kappa shape index (κ3) is 2.81. The van der Waals surface area contributed by atoms with E-state index in [2.05, 4.69) is 20.8 Å². The normalized spacial score (nSPS) is 22.3. The quantitative estimate of drug-likeness (QED) is 0.904. The van der Waals surface area contributed by atoms with Gasteiger partial charge in [0, 0.05) is 13.1 Å². The Morgan fingerprint density at radius 2 is 2.31 bits per heavy atom. The Bertz CT molecular complexity index is 372. The van der Waals surface area contributed by atoms with Crippen LogP contribution in [0.1, 0.15) is 18.4 Å². The summed E-state index contributed by atoms with van der Waals surface area (Å²) in [6, 6.07) is 5.07. The SMILES string of the molecule is OC1CCCN(Cc2cccc(F)c2Br)C1. The first-order chi connectivity index (χ1) is 7.66. The minimum atomic E-state index is -0.235. The number of hydrogen-bond donors (Lipinski definition) is 1. The zero-order chi connectivity index (χ0) is 11.5. The monoisotopic (exact) mass is 287 g/mol. The van der Waals surface area contributed by atoms with Crippen molar-refractivity contribution in [2.24, 2.45) is 0 Å². The first-order valence-electron chi connectivity index (χ1n) is 5.50. The topological polar surface area (TPSA) is 23.5 Å². The van der Waals surface area contributed by atoms with Crippen molar-refractivity contribution in [3.8, 4) is 0 Å². The highest BCUT2D eigenvalue weighted by molar-refractivity contribution is 9.10. The van der Waals surface area contributed by atoms with Crippen molar-refractivity contribution < 1.29 is 9.50 Å². The molecule has 1 aliphatic heterocycles. The van der Waals surface area contributed by atoms with E-state index in [4.69, 9.17) is 0 Å². The van der Waals surface area contributed by atoms with Crippen LogP contribution in [0.2, 0.25) is 0 Å². The van der Waals surface area contributed by atoms with Gasteiger partial charge in [0.25, 0.3) is 0 Å². The van der Waals surface area contributed by atoms with Crippen LogP contribution in [0.25, 0.3) is 0 Å². The van der Waals surface area contributed by atoms with Gasteiger partial charge in [-0.05, 0) is 46.9 Å². The van der Waals surface area contributed by atoms with Crippen molar-refractivity contribution in [2.75, 3.05) is 13.1 Å². The van der Waals surface area contributed by atoms with E-state index >= 15 is 0 Å². The maximum Gasteiger partial charge on any atom is 0.137 e. The number of β-amino-alcohol motifs (C(OH)–C–C–N with tert-alkyl or cyclic N) is 1. The summed E-state index contributed by atoms with van der Waals surface area (Å²) in [7, 11) is 0. The van der Waals surface area contributed by atoms with Crippen LogP contribution >= 0.6 is 15.9 Å². The van der Waals surface area contributed by atoms with Crippen LogP contribution in [0.4, 0.5) is 4.39 Å². The van der Waals surface area contributed by atoms with E-state index in [1.54, 1.807) is 6.07 Å². The molecule has 1 fully saturated rings. The van der Waals surface area contributed by atoms with Gasteiger partial charge in [-0.25, -0.2) is 4.39 Å². The summed E-state index contributed by atoms with van der Waals surface area (Å²) in [5.41, 5.74) is 0.939. The van der Waals surface area contributed by atoms with Crippen molar-refractivity contribution in [3.63, 3.8) is 0 Å². The Morgan fingerprint density at radius 3 is 3.06 bits per heavy atom. The Kier molecular flexibility index (Phi) is 3.95. The van der Waals surface area contributed by atoms with E-state index in [0.29, 0.717) is 17.6 Å². The van der Waals surface area contributed by atoms with Gasteiger partial charge >= 0.3 is 0 Å². The molecule has 1 saturated heterocycles. The second-order valence-corrected chi connectivity index (χ2v) is 5.04. The van der Waals surface area contributed by atoms with E-state index in [0.717, 1.165) is 24.9 Å². The maximum atomic E-state index is 13.3. The Balaban J connectivity index is 2.05. The molecule has 88 valence electrons. The van der Waals surface area contributed by atoms with Gasteiger partial charge < -0.3 is 5.11 Å².